The number of carbonyl (C=O) groups is 1. The topological polar surface area (TPSA) is 29.1 Å². The first-order chi connectivity index (χ1) is 9.40. The van der Waals surface area contributed by atoms with Crippen LogP contribution in [0.15, 0.2) is 39.3 Å². The van der Waals surface area contributed by atoms with Crippen LogP contribution in [0.4, 0.5) is 14.5 Å². The van der Waals surface area contributed by atoms with Gasteiger partial charge in [-0.1, -0.05) is 22.0 Å². The van der Waals surface area contributed by atoms with E-state index in [2.05, 4.69) is 37.2 Å². The van der Waals surface area contributed by atoms with Gasteiger partial charge in [0.15, 0.2) is 0 Å². The molecular formula is C14H9Br2F2NO. The number of anilines is 1. The fourth-order valence-electron chi connectivity index (χ4n) is 1.66. The average Bonchev–Trinajstić information content (AvgIpc) is 2.39. The molecule has 0 aromatic heterocycles. The molecule has 0 aliphatic heterocycles. The molecule has 0 radical (unpaired) electrons. The minimum Gasteiger partial charge on any atom is -0.319 e. The quantitative estimate of drug-likeness (QED) is 0.697. The maximum absolute atomic E-state index is 13.7. The van der Waals surface area contributed by atoms with E-state index in [1.807, 2.05) is 0 Å². The highest BCUT2D eigenvalue weighted by Gasteiger charge is 2.14. The van der Waals surface area contributed by atoms with Gasteiger partial charge in [0.25, 0.3) is 5.91 Å². The molecule has 0 unspecified atom stereocenters. The Bertz CT molecular complexity index is 689. The second-order valence-electron chi connectivity index (χ2n) is 4.11. The highest BCUT2D eigenvalue weighted by atomic mass is 79.9. The Morgan fingerprint density at radius 1 is 1.10 bits per heavy atom. The monoisotopic (exact) mass is 403 g/mol. The molecule has 2 rings (SSSR count). The van der Waals surface area contributed by atoms with Gasteiger partial charge in [0.1, 0.15) is 11.6 Å². The van der Waals surface area contributed by atoms with Crippen LogP contribution in [-0.4, -0.2) is 5.91 Å². The number of benzene rings is 2. The Morgan fingerprint density at radius 2 is 1.80 bits per heavy atom. The Hall–Kier alpha value is -1.27. The van der Waals surface area contributed by atoms with Crippen LogP contribution in [0.25, 0.3) is 0 Å². The number of hydrogen-bond acceptors (Lipinski definition) is 1. The molecule has 0 saturated carbocycles. The lowest BCUT2D eigenvalue weighted by Gasteiger charge is -2.10. The van der Waals surface area contributed by atoms with Crippen LogP contribution in [0, 0.1) is 18.6 Å². The summed E-state index contributed by atoms with van der Waals surface area (Å²) in [6, 6.07) is 7.02. The van der Waals surface area contributed by atoms with Crippen molar-refractivity contribution < 1.29 is 13.6 Å². The third-order valence-electron chi connectivity index (χ3n) is 2.77. The molecule has 0 saturated heterocycles. The zero-order valence-electron chi connectivity index (χ0n) is 10.3. The number of hydrogen-bond donors (Lipinski definition) is 1. The van der Waals surface area contributed by atoms with Crippen LogP contribution in [0.5, 0.6) is 0 Å². The summed E-state index contributed by atoms with van der Waals surface area (Å²) in [5.41, 5.74) is 0.917. The predicted octanol–water partition coefficient (Wildman–Crippen LogP) is 5.05. The van der Waals surface area contributed by atoms with Gasteiger partial charge in [-0.3, -0.25) is 4.79 Å². The summed E-state index contributed by atoms with van der Waals surface area (Å²) in [5.74, 6) is -1.85. The van der Waals surface area contributed by atoms with E-state index in [1.165, 1.54) is 0 Å². The van der Waals surface area contributed by atoms with Crippen molar-refractivity contribution in [3.8, 4) is 0 Å². The third-order valence-corrected chi connectivity index (χ3v) is 4.24. The average molecular weight is 405 g/mol. The lowest BCUT2D eigenvalue weighted by Crippen LogP contribution is -2.14. The van der Waals surface area contributed by atoms with Crippen LogP contribution < -0.4 is 5.32 Å². The van der Waals surface area contributed by atoms with Gasteiger partial charge >= 0.3 is 0 Å². The van der Waals surface area contributed by atoms with E-state index in [1.54, 1.807) is 25.1 Å². The van der Waals surface area contributed by atoms with Crippen molar-refractivity contribution in [1.29, 1.82) is 0 Å². The Balaban J connectivity index is 2.33. The second kappa shape index (κ2) is 6.01. The van der Waals surface area contributed by atoms with Crippen LogP contribution in [0.3, 0.4) is 0 Å². The molecule has 0 heterocycles. The van der Waals surface area contributed by atoms with Crippen molar-refractivity contribution in [3.63, 3.8) is 0 Å². The lowest BCUT2D eigenvalue weighted by atomic mass is 10.1. The van der Waals surface area contributed by atoms with Crippen molar-refractivity contribution >= 4 is 43.5 Å². The molecular weight excluding hydrogens is 396 g/mol. The predicted molar refractivity (Wildman–Crippen MR) is 80.9 cm³/mol. The Labute approximate surface area is 131 Å². The Kier molecular flexibility index (Phi) is 4.55. The Morgan fingerprint density at radius 3 is 2.50 bits per heavy atom. The summed E-state index contributed by atoms with van der Waals surface area (Å²) in [5, 5.41) is 2.37. The van der Waals surface area contributed by atoms with Gasteiger partial charge in [0.05, 0.1) is 10.2 Å². The first-order valence-corrected chi connectivity index (χ1v) is 7.19. The summed E-state index contributed by atoms with van der Waals surface area (Å²) < 4.78 is 27.8. The van der Waals surface area contributed by atoms with Crippen LogP contribution in [-0.2, 0) is 0 Å². The zero-order chi connectivity index (χ0) is 14.9. The summed E-state index contributed by atoms with van der Waals surface area (Å²) in [4.78, 5) is 12.1. The molecule has 1 N–H and O–H groups in total. The summed E-state index contributed by atoms with van der Waals surface area (Å²) in [7, 11) is 0. The molecule has 104 valence electrons. The van der Waals surface area contributed by atoms with Gasteiger partial charge in [0, 0.05) is 16.1 Å². The van der Waals surface area contributed by atoms with Crippen molar-refractivity contribution in [2.24, 2.45) is 0 Å². The number of rotatable bonds is 2. The molecule has 0 bridgehead atoms. The van der Waals surface area contributed by atoms with E-state index in [-0.39, 0.29) is 10.2 Å². The van der Waals surface area contributed by atoms with E-state index in [0.717, 1.165) is 22.2 Å². The molecule has 6 heteroatoms. The molecule has 1 amide bonds. The van der Waals surface area contributed by atoms with Crippen LogP contribution in [0.1, 0.15) is 15.9 Å². The van der Waals surface area contributed by atoms with Crippen LogP contribution >= 0.6 is 31.9 Å². The largest absolute Gasteiger partial charge is 0.319 e. The number of halogens is 4. The zero-order valence-corrected chi connectivity index (χ0v) is 13.5. The van der Waals surface area contributed by atoms with Crippen molar-refractivity contribution in [1.82, 2.24) is 0 Å². The van der Waals surface area contributed by atoms with E-state index < -0.39 is 17.5 Å². The molecule has 2 aromatic rings. The SMILES string of the molecule is Cc1c(Br)cccc1C(=O)Nc1cc(F)c(Br)cc1F. The standard InChI is InChI=1S/C14H9Br2F2NO/c1-7-8(3-2-4-9(7)15)14(20)19-13-6-11(17)10(16)5-12(13)18/h2-6H,1H3,(H,19,20). The van der Waals surface area contributed by atoms with Gasteiger partial charge in [0.2, 0.25) is 0 Å². The van der Waals surface area contributed by atoms with Gasteiger partial charge < -0.3 is 5.32 Å². The van der Waals surface area contributed by atoms with E-state index in [4.69, 9.17) is 0 Å². The van der Waals surface area contributed by atoms with Gasteiger partial charge in [-0.05, 0) is 46.6 Å². The fourth-order valence-corrected chi connectivity index (χ4v) is 2.34. The molecule has 20 heavy (non-hydrogen) atoms. The number of nitrogens with one attached hydrogen (secondary N) is 1. The number of amides is 1. The highest BCUT2D eigenvalue weighted by molar-refractivity contribution is 9.10. The minimum atomic E-state index is -0.709. The molecule has 0 aliphatic rings. The van der Waals surface area contributed by atoms with Crippen molar-refractivity contribution in [3.05, 3.63) is 62.0 Å². The van der Waals surface area contributed by atoms with E-state index in [9.17, 15) is 13.6 Å². The first-order valence-electron chi connectivity index (χ1n) is 5.61. The molecule has 0 aliphatic carbocycles. The molecule has 0 atom stereocenters. The van der Waals surface area contributed by atoms with Gasteiger partial charge in [-0.2, -0.15) is 0 Å². The number of carbonyl (C=O) groups excluding carboxylic acids is 1. The summed E-state index contributed by atoms with van der Waals surface area (Å²) in [6.45, 7) is 1.76. The van der Waals surface area contributed by atoms with Crippen molar-refractivity contribution in [2.45, 2.75) is 6.92 Å². The molecule has 0 fully saturated rings. The lowest BCUT2D eigenvalue weighted by molar-refractivity contribution is 0.102. The fraction of sp³-hybridized carbons (Fsp3) is 0.0714. The van der Waals surface area contributed by atoms with Gasteiger partial charge in [-0.25, -0.2) is 8.78 Å². The smallest absolute Gasteiger partial charge is 0.256 e. The summed E-state index contributed by atoms with van der Waals surface area (Å²) in [6.07, 6.45) is 0. The normalized spacial score (nSPS) is 10.4. The van der Waals surface area contributed by atoms with E-state index >= 15 is 0 Å². The first kappa shape index (κ1) is 15.1. The third kappa shape index (κ3) is 3.07. The molecule has 2 aromatic carbocycles. The highest BCUT2D eigenvalue weighted by Crippen LogP contribution is 2.25. The minimum absolute atomic E-state index is 0.00614. The van der Waals surface area contributed by atoms with Gasteiger partial charge in [-0.15, -0.1) is 0 Å². The molecule has 0 spiro atoms. The molecule has 2 nitrogen and oxygen atoms in total. The van der Waals surface area contributed by atoms with E-state index in [0.29, 0.717) is 5.56 Å². The maximum Gasteiger partial charge on any atom is 0.256 e. The van der Waals surface area contributed by atoms with Crippen molar-refractivity contribution in [2.75, 3.05) is 5.32 Å². The second-order valence-corrected chi connectivity index (χ2v) is 5.82. The summed E-state index contributed by atoms with van der Waals surface area (Å²) >= 11 is 6.19. The maximum atomic E-state index is 13.7. The van der Waals surface area contributed by atoms with Crippen LogP contribution in [0.2, 0.25) is 0 Å².